The van der Waals surface area contributed by atoms with Gasteiger partial charge in [0, 0.05) is 6.20 Å². The van der Waals surface area contributed by atoms with E-state index in [2.05, 4.69) is 15.3 Å². The Labute approximate surface area is 152 Å². The summed E-state index contributed by atoms with van der Waals surface area (Å²) in [5, 5.41) is 3.02. The van der Waals surface area contributed by atoms with Gasteiger partial charge in [-0.3, -0.25) is 4.79 Å². The minimum absolute atomic E-state index is 0.149. The van der Waals surface area contributed by atoms with Crippen LogP contribution >= 0.6 is 34.7 Å². The van der Waals surface area contributed by atoms with Crippen molar-refractivity contribution in [1.82, 2.24) is 9.97 Å². The quantitative estimate of drug-likeness (QED) is 0.505. The highest BCUT2D eigenvalue weighted by Crippen LogP contribution is 2.32. The standard InChI is InChI=1S/C16H14ClN3O2S2/c1-2-22-10-5-6-11-13(8-10)24-16(20-11)23-9-14(21)19-12-4-3-7-18-15(12)17/h3-8H,2,9H2,1H3,(H,19,21). The van der Waals surface area contributed by atoms with Gasteiger partial charge in [0.2, 0.25) is 5.91 Å². The van der Waals surface area contributed by atoms with Gasteiger partial charge in [0.25, 0.3) is 0 Å². The van der Waals surface area contributed by atoms with E-state index in [9.17, 15) is 4.79 Å². The number of thiazole rings is 1. The molecule has 1 aromatic carbocycles. The number of anilines is 1. The number of carbonyl (C=O) groups excluding carboxylic acids is 1. The molecule has 0 atom stereocenters. The van der Waals surface area contributed by atoms with E-state index in [0.29, 0.717) is 12.3 Å². The van der Waals surface area contributed by atoms with Gasteiger partial charge < -0.3 is 10.1 Å². The molecule has 1 N–H and O–H groups in total. The Bertz CT molecular complexity index is 869. The molecule has 0 fully saturated rings. The molecular weight excluding hydrogens is 366 g/mol. The lowest BCUT2D eigenvalue weighted by atomic mass is 10.3. The SMILES string of the molecule is CCOc1ccc2nc(SCC(=O)Nc3cccnc3Cl)sc2c1. The van der Waals surface area contributed by atoms with Crippen molar-refractivity contribution in [3.63, 3.8) is 0 Å². The number of nitrogens with one attached hydrogen (secondary N) is 1. The molecule has 8 heteroatoms. The lowest BCUT2D eigenvalue weighted by Gasteiger charge is -2.04. The number of rotatable bonds is 6. The maximum absolute atomic E-state index is 12.0. The molecule has 0 saturated carbocycles. The number of halogens is 1. The first-order valence-electron chi connectivity index (χ1n) is 7.22. The fraction of sp³-hybridized carbons (Fsp3) is 0.188. The Hall–Kier alpha value is -1.83. The number of thioether (sulfide) groups is 1. The van der Waals surface area contributed by atoms with Crippen LogP contribution in [0.2, 0.25) is 5.15 Å². The molecule has 2 heterocycles. The predicted octanol–water partition coefficient (Wildman–Crippen LogP) is 4.47. The lowest BCUT2D eigenvalue weighted by Crippen LogP contribution is -2.14. The van der Waals surface area contributed by atoms with E-state index in [-0.39, 0.29) is 16.8 Å². The summed E-state index contributed by atoms with van der Waals surface area (Å²) in [5.41, 5.74) is 1.41. The minimum Gasteiger partial charge on any atom is -0.494 e. The van der Waals surface area contributed by atoms with Gasteiger partial charge in [0.1, 0.15) is 5.75 Å². The molecule has 24 heavy (non-hydrogen) atoms. The summed E-state index contributed by atoms with van der Waals surface area (Å²) in [6.45, 7) is 2.58. The van der Waals surface area contributed by atoms with Crippen LogP contribution in [0, 0.1) is 0 Å². The Morgan fingerprint density at radius 1 is 1.42 bits per heavy atom. The molecule has 2 aromatic heterocycles. The molecule has 0 unspecified atom stereocenters. The summed E-state index contributed by atoms with van der Waals surface area (Å²) in [6, 6.07) is 9.23. The molecule has 3 rings (SSSR count). The highest BCUT2D eigenvalue weighted by Gasteiger charge is 2.10. The van der Waals surface area contributed by atoms with Crippen LogP contribution in [0.25, 0.3) is 10.2 Å². The number of carbonyl (C=O) groups is 1. The third-order valence-electron chi connectivity index (χ3n) is 3.01. The van der Waals surface area contributed by atoms with Gasteiger partial charge in [-0.05, 0) is 37.3 Å². The maximum Gasteiger partial charge on any atom is 0.234 e. The molecule has 3 aromatic rings. The van der Waals surface area contributed by atoms with Gasteiger partial charge in [-0.15, -0.1) is 11.3 Å². The number of pyridine rings is 1. The van der Waals surface area contributed by atoms with E-state index in [1.54, 1.807) is 29.7 Å². The molecule has 0 saturated heterocycles. The molecule has 0 bridgehead atoms. The fourth-order valence-electron chi connectivity index (χ4n) is 1.99. The number of amides is 1. The maximum atomic E-state index is 12.0. The van der Waals surface area contributed by atoms with Crippen molar-refractivity contribution in [3.8, 4) is 5.75 Å². The first-order chi connectivity index (χ1) is 11.7. The zero-order chi connectivity index (χ0) is 16.9. The highest BCUT2D eigenvalue weighted by molar-refractivity contribution is 8.01. The van der Waals surface area contributed by atoms with Gasteiger partial charge in [-0.1, -0.05) is 23.4 Å². The zero-order valence-electron chi connectivity index (χ0n) is 12.8. The fourth-order valence-corrected chi connectivity index (χ4v) is 4.06. The van der Waals surface area contributed by atoms with Crippen molar-refractivity contribution in [2.75, 3.05) is 17.7 Å². The molecule has 5 nitrogen and oxygen atoms in total. The topological polar surface area (TPSA) is 64.1 Å². The van der Waals surface area contributed by atoms with Crippen molar-refractivity contribution in [2.24, 2.45) is 0 Å². The van der Waals surface area contributed by atoms with E-state index in [4.69, 9.17) is 16.3 Å². The van der Waals surface area contributed by atoms with Crippen LogP contribution in [-0.2, 0) is 4.79 Å². The number of ether oxygens (including phenoxy) is 1. The molecule has 0 aliphatic rings. The average molecular weight is 380 g/mol. The summed E-state index contributed by atoms with van der Waals surface area (Å²) in [6.07, 6.45) is 1.57. The van der Waals surface area contributed by atoms with Crippen molar-refractivity contribution < 1.29 is 9.53 Å². The van der Waals surface area contributed by atoms with Gasteiger partial charge in [-0.2, -0.15) is 0 Å². The first kappa shape index (κ1) is 17.0. The molecular formula is C16H14ClN3O2S2. The second kappa shape index (κ2) is 7.83. The number of hydrogen-bond acceptors (Lipinski definition) is 6. The van der Waals surface area contributed by atoms with Crippen LogP contribution in [0.3, 0.4) is 0 Å². The Balaban J connectivity index is 1.62. The Kier molecular flexibility index (Phi) is 5.55. The van der Waals surface area contributed by atoms with Crippen LogP contribution in [0.4, 0.5) is 5.69 Å². The summed E-state index contributed by atoms with van der Waals surface area (Å²) in [5.74, 6) is 0.932. The van der Waals surface area contributed by atoms with Crippen molar-refractivity contribution >= 4 is 56.5 Å². The van der Waals surface area contributed by atoms with Crippen molar-refractivity contribution in [2.45, 2.75) is 11.3 Å². The number of nitrogens with zero attached hydrogens (tertiary/aromatic N) is 2. The Morgan fingerprint density at radius 2 is 2.29 bits per heavy atom. The third-order valence-corrected chi connectivity index (χ3v) is 5.47. The number of hydrogen-bond donors (Lipinski definition) is 1. The number of fused-ring (bicyclic) bond motifs is 1. The van der Waals surface area contributed by atoms with Gasteiger partial charge in [0.15, 0.2) is 9.49 Å². The largest absolute Gasteiger partial charge is 0.494 e. The smallest absolute Gasteiger partial charge is 0.234 e. The lowest BCUT2D eigenvalue weighted by molar-refractivity contribution is -0.113. The second-order valence-corrected chi connectivity index (χ2v) is 7.33. The van der Waals surface area contributed by atoms with Crippen LogP contribution in [0.5, 0.6) is 5.75 Å². The van der Waals surface area contributed by atoms with E-state index in [0.717, 1.165) is 20.3 Å². The van der Waals surface area contributed by atoms with E-state index < -0.39 is 0 Å². The average Bonchev–Trinajstić information content (AvgIpc) is 2.98. The van der Waals surface area contributed by atoms with Crippen LogP contribution < -0.4 is 10.1 Å². The normalized spacial score (nSPS) is 10.8. The third kappa shape index (κ3) is 4.17. The van der Waals surface area contributed by atoms with E-state index >= 15 is 0 Å². The monoisotopic (exact) mass is 379 g/mol. The van der Waals surface area contributed by atoms with Crippen molar-refractivity contribution in [3.05, 3.63) is 41.7 Å². The van der Waals surface area contributed by atoms with Crippen LogP contribution in [0.1, 0.15) is 6.92 Å². The van der Waals surface area contributed by atoms with Crippen LogP contribution in [0.15, 0.2) is 40.9 Å². The summed E-state index contributed by atoms with van der Waals surface area (Å²) in [4.78, 5) is 20.5. The molecule has 0 radical (unpaired) electrons. The molecule has 124 valence electrons. The summed E-state index contributed by atoms with van der Waals surface area (Å²) in [7, 11) is 0. The molecule has 0 aliphatic carbocycles. The highest BCUT2D eigenvalue weighted by atomic mass is 35.5. The van der Waals surface area contributed by atoms with Gasteiger partial charge >= 0.3 is 0 Å². The van der Waals surface area contributed by atoms with Crippen molar-refractivity contribution in [1.29, 1.82) is 0 Å². The minimum atomic E-state index is -0.149. The van der Waals surface area contributed by atoms with Gasteiger partial charge in [0.05, 0.1) is 28.3 Å². The summed E-state index contributed by atoms with van der Waals surface area (Å²) >= 11 is 8.86. The first-order valence-corrected chi connectivity index (χ1v) is 9.40. The van der Waals surface area contributed by atoms with E-state index in [1.807, 2.05) is 25.1 Å². The number of benzene rings is 1. The molecule has 0 spiro atoms. The zero-order valence-corrected chi connectivity index (χ0v) is 15.2. The predicted molar refractivity (Wildman–Crippen MR) is 99.4 cm³/mol. The molecule has 0 aliphatic heterocycles. The van der Waals surface area contributed by atoms with E-state index in [1.165, 1.54) is 11.8 Å². The molecule has 1 amide bonds. The summed E-state index contributed by atoms with van der Waals surface area (Å²) < 4.78 is 7.37. The van der Waals surface area contributed by atoms with Crippen LogP contribution in [-0.4, -0.2) is 28.2 Å². The Morgan fingerprint density at radius 3 is 3.08 bits per heavy atom. The second-order valence-electron chi connectivity index (χ2n) is 4.72. The number of aromatic nitrogens is 2. The van der Waals surface area contributed by atoms with Gasteiger partial charge in [-0.25, -0.2) is 9.97 Å².